The lowest BCUT2D eigenvalue weighted by molar-refractivity contribution is 0.957. The van der Waals surface area contributed by atoms with Crippen LogP contribution in [-0.2, 0) is 0 Å². The molecule has 0 aromatic carbocycles. The molecule has 0 bridgehead atoms. The summed E-state index contributed by atoms with van der Waals surface area (Å²) in [6.07, 6.45) is 3.91. The molecule has 0 aliphatic heterocycles. The van der Waals surface area contributed by atoms with Crippen LogP contribution in [0.1, 0.15) is 0 Å². The van der Waals surface area contributed by atoms with E-state index in [1.165, 1.54) is 11.8 Å². The third-order valence-electron chi connectivity index (χ3n) is 0.820. The molecule has 9 heavy (non-hydrogen) atoms. The Hall–Kier alpha value is -0.160. The molecule has 0 atom stereocenters. The van der Waals surface area contributed by atoms with Gasteiger partial charge >= 0.3 is 0 Å². The molecule has 1 heterocycles. The first kappa shape index (κ1) is 6.95. The third kappa shape index (κ3) is 1.62. The molecule has 1 aromatic heterocycles. The fraction of sp³-hybridized carbons (Fsp3) is 0.500. The zero-order chi connectivity index (χ0) is 6.69. The first-order valence-corrected chi connectivity index (χ1v) is 4.82. The highest BCUT2D eigenvalue weighted by Crippen LogP contribution is 2.12. The SMILES string of the molecule is CSc1n[nH]c(SC)n1. The average molecular weight is 161 g/mol. The van der Waals surface area contributed by atoms with Gasteiger partial charge in [-0.3, -0.25) is 5.10 Å². The minimum atomic E-state index is 0.805. The Bertz CT molecular complexity index is 167. The summed E-state index contributed by atoms with van der Waals surface area (Å²) in [5, 5.41) is 8.38. The number of aromatic nitrogens is 3. The highest BCUT2D eigenvalue weighted by Gasteiger charge is 1.97. The van der Waals surface area contributed by atoms with Gasteiger partial charge in [-0.2, -0.15) is 4.98 Å². The van der Waals surface area contributed by atoms with Crippen molar-refractivity contribution in [2.45, 2.75) is 10.3 Å². The maximum Gasteiger partial charge on any atom is 0.208 e. The molecule has 0 saturated carbocycles. The van der Waals surface area contributed by atoms with Gasteiger partial charge in [0.25, 0.3) is 0 Å². The van der Waals surface area contributed by atoms with Crippen molar-refractivity contribution in [2.24, 2.45) is 0 Å². The van der Waals surface area contributed by atoms with Gasteiger partial charge in [-0.15, -0.1) is 5.10 Å². The molecule has 0 unspecified atom stereocenters. The van der Waals surface area contributed by atoms with E-state index in [1.807, 2.05) is 12.5 Å². The highest BCUT2D eigenvalue weighted by atomic mass is 32.2. The maximum absolute atomic E-state index is 4.11. The molecule has 50 valence electrons. The molecule has 0 saturated heterocycles. The Balaban J connectivity index is 2.74. The van der Waals surface area contributed by atoms with Crippen LogP contribution in [0.4, 0.5) is 0 Å². The van der Waals surface area contributed by atoms with Crippen molar-refractivity contribution in [2.75, 3.05) is 12.5 Å². The zero-order valence-electron chi connectivity index (χ0n) is 5.21. The second-order valence-corrected chi connectivity index (χ2v) is 2.90. The first-order chi connectivity index (χ1) is 4.36. The molecule has 0 aliphatic carbocycles. The minimum absolute atomic E-state index is 0.805. The van der Waals surface area contributed by atoms with Gasteiger partial charge in [0.05, 0.1) is 0 Å². The number of nitrogens with one attached hydrogen (secondary N) is 1. The van der Waals surface area contributed by atoms with Crippen LogP contribution in [0.5, 0.6) is 0 Å². The zero-order valence-corrected chi connectivity index (χ0v) is 6.84. The molecule has 0 aliphatic rings. The van der Waals surface area contributed by atoms with E-state index >= 15 is 0 Å². The lowest BCUT2D eigenvalue weighted by Gasteiger charge is -1.79. The summed E-state index contributed by atoms with van der Waals surface area (Å²) in [5.41, 5.74) is 0. The van der Waals surface area contributed by atoms with Crippen LogP contribution in [0.2, 0.25) is 0 Å². The molecule has 0 amide bonds. The second-order valence-electron chi connectivity index (χ2n) is 1.33. The minimum Gasteiger partial charge on any atom is -0.253 e. The van der Waals surface area contributed by atoms with Gasteiger partial charge in [0, 0.05) is 0 Å². The molecule has 1 N–H and O–H groups in total. The largest absolute Gasteiger partial charge is 0.253 e. The Morgan fingerprint density at radius 1 is 1.33 bits per heavy atom. The number of hydrogen-bond acceptors (Lipinski definition) is 4. The van der Waals surface area contributed by atoms with Crippen molar-refractivity contribution < 1.29 is 0 Å². The van der Waals surface area contributed by atoms with Crippen LogP contribution < -0.4 is 0 Å². The molecule has 5 heteroatoms. The molecule has 3 nitrogen and oxygen atoms in total. The van der Waals surface area contributed by atoms with Crippen LogP contribution in [0.25, 0.3) is 0 Å². The monoisotopic (exact) mass is 161 g/mol. The maximum atomic E-state index is 4.11. The van der Waals surface area contributed by atoms with Crippen molar-refractivity contribution in [3.8, 4) is 0 Å². The normalized spacial score (nSPS) is 10.0. The summed E-state index contributed by atoms with van der Waals surface area (Å²) < 4.78 is 0. The van der Waals surface area contributed by atoms with Crippen LogP contribution >= 0.6 is 23.5 Å². The van der Waals surface area contributed by atoms with E-state index in [-0.39, 0.29) is 0 Å². The molecule has 1 aromatic rings. The summed E-state index contributed by atoms with van der Waals surface area (Å²) in [5.74, 6) is 0. The van der Waals surface area contributed by atoms with Crippen LogP contribution in [0, 0.1) is 0 Å². The predicted octanol–water partition coefficient (Wildman–Crippen LogP) is 1.25. The van der Waals surface area contributed by atoms with Crippen LogP contribution in [0.15, 0.2) is 10.3 Å². The molecule has 0 radical (unpaired) electrons. The van der Waals surface area contributed by atoms with Crippen LogP contribution in [-0.4, -0.2) is 27.7 Å². The Morgan fingerprint density at radius 2 is 2.11 bits per heavy atom. The van der Waals surface area contributed by atoms with E-state index in [1.54, 1.807) is 11.8 Å². The number of nitrogens with zero attached hydrogens (tertiary/aromatic N) is 2. The van der Waals surface area contributed by atoms with E-state index in [2.05, 4.69) is 15.2 Å². The number of rotatable bonds is 2. The van der Waals surface area contributed by atoms with Crippen molar-refractivity contribution >= 4 is 23.5 Å². The van der Waals surface area contributed by atoms with E-state index in [0.29, 0.717) is 0 Å². The quantitative estimate of drug-likeness (QED) is 0.663. The van der Waals surface area contributed by atoms with Crippen LogP contribution in [0.3, 0.4) is 0 Å². The van der Waals surface area contributed by atoms with Gasteiger partial charge in [-0.05, 0) is 12.5 Å². The van der Waals surface area contributed by atoms with Gasteiger partial charge in [-0.1, -0.05) is 23.5 Å². The number of H-pyrrole nitrogens is 1. The molecule has 0 fully saturated rings. The standard InChI is InChI=1S/C4H7N3S2/c1-8-3-5-4(9-2)7-6-3/h1-2H3,(H,5,6,7). The fourth-order valence-electron chi connectivity index (χ4n) is 0.415. The second kappa shape index (κ2) is 3.12. The third-order valence-corrected chi connectivity index (χ3v) is 1.94. The summed E-state index contributed by atoms with van der Waals surface area (Å²) in [6, 6.07) is 0. The number of hydrogen-bond donors (Lipinski definition) is 1. The van der Waals surface area contributed by atoms with Gasteiger partial charge in [0.1, 0.15) is 0 Å². The molecular weight excluding hydrogens is 154 g/mol. The highest BCUT2D eigenvalue weighted by molar-refractivity contribution is 7.99. The number of aromatic amines is 1. The summed E-state index contributed by atoms with van der Waals surface area (Å²) in [6.45, 7) is 0. The summed E-state index contributed by atoms with van der Waals surface area (Å²) in [7, 11) is 0. The van der Waals surface area contributed by atoms with E-state index in [9.17, 15) is 0 Å². The fourth-order valence-corrected chi connectivity index (χ4v) is 1.11. The summed E-state index contributed by atoms with van der Waals surface area (Å²) in [4.78, 5) is 4.11. The van der Waals surface area contributed by atoms with Crippen molar-refractivity contribution in [3.05, 3.63) is 0 Å². The van der Waals surface area contributed by atoms with Crippen molar-refractivity contribution in [1.82, 2.24) is 15.2 Å². The van der Waals surface area contributed by atoms with E-state index in [4.69, 9.17) is 0 Å². The van der Waals surface area contributed by atoms with Crippen molar-refractivity contribution in [1.29, 1.82) is 0 Å². The Labute approximate surface area is 62.0 Å². The van der Waals surface area contributed by atoms with Gasteiger partial charge in [0.2, 0.25) is 5.16 Å². The Morgan fingerprint density at radius 3 is 2.44 bits per heavy atom. The first-order valence-electron chi connectivity index (χ1n) is 2.37. The molecule has 1 rings (SSSR count). The topological polar surface area (TPSA) is 41.6 Å². The van der Waals surface area contributed by atoms with Gasteiger partial charge < -0.3 is 0 Å². The lowest BCUT2D eigenvalue weighted by Crippen LogP contribution is -1.69. The van der Waals surface area contributed by atoms with Gasteiger partial charge in [-0.25, -0.2) is 0 Å². The molecular formula is C4H7N3S2. The van der Waals surface area contributed by atoms with Gasteiger partial charge in [0.15, 0.2) is 5.16 Å². The van der Waals surface area contributed by atoms with E-state index < -0.39 is 0 Å². The molecule has 0 spiro atoms. The predicted molar refractivity (Wildman–Crippen MR) is 39.9 cm³/mol. The lowest BCUT2D eigenvalue weighted by atomic mass is 11.3. The summed E-state index contributed by atoms with van der Waals surface area (Å²) >= 11 is 3.10. The number of thioether (sulfide) groups is 2. The smallest absolute Gasteiger partial charge is 0.208 e. The Kier molecular flexibility index (Phi) is 2.41. The van der Waals surface area contributed by atoms with E-state index in [0.717, 1.165) is 10.3 Å². The average Bonchev–Trinajstić information content (AvgIpc) is 2.34. The van der Waals surface area contributed by atoms with Crippen molar-refractivity contribution in [3.63, 3.8) is 0 Å².